The van der Waals surface area contributed by atoms with Crippen molar-refractivity contribution >= 4 is 34.8 Å². The van der Waals surface area contributed by atoms with E-state index >= 15 is 0 Å². The molecule has 21 heavy (non-hydrogen) atoms. The van der Waals surface area contributed by atoms with Gasteiger partial charge in [-0.1, -0.05) is 47.2 Å². The molecule has 0 radical (unpaired) electrons. The monoisotopic (exact) mass is 318 g/mol. The number of hydrogen-bond acceptors (Lipinski definition) is 2. The van der Waals surface area contributed by atoms with Crippen molar-refractivity contribution in [1.82, 2.24) is 0 Å². The molecule has 0 unspecified atom stereocenters. The number of amides is 1. The standard InChI is InChI=1S/C16H12Cl2N2O/c17-12-7-8-15(11(10-12)4-3-9-19)20-16(21)13-5-1-2-6-14(13)18/h1-2,5-8,10H,9,19H2,(H,20,21). The van der Waals surface area contributed by atoms with Crippen molar-refractivity contribution in [1.29, 1.82) is 0 Å². The van der Waals surface area contributed by atoms with E-state index < -0.39 is 0 Å². The molecule has 0 aromatic heterocycles. The maximum Gasteiger partial charge on any atom is 0.257 e. The van der Waals surface area contributed by atoms with Gasteiger partial charge in [-0.05, 0) is 30.3 Å². The average Bonchev–Trinajstić information content (AvgIpc) is 2.47. The molecule has 3 nitrogen and oxygen atoms in total. The van der Waals surface area contributed by atoms with Gasteiger partial charge in [-0.15, -0.1) is 0 Å². The number of carbonyl (C=O) groups is 1. The minimum Gasteiger partial charge on any atom is -0.321 e. The summed E-state index contributed by atoms with van der Waals surface area (Å²) in [5.41, 5.74) is 6.93. The lowest BCUT2D eigenvalue weighted by molar-refractivity contribution is 0.102. The van der Waals surface area contributed by atoms with Gasteiger partial charge in [0.05, 0.1) is 22.8 Å². The fourth-order valence-corrected chi connectivity index (χ4v) is 2.10. The number of nitrogens with one attached hydrogen (secondary N) is 1. The van der Waals surface area contributed by atoms with Crippen LogP contribution in [0.5, 0.6) is 0 Å². The molecular weight excluding hydrogens is 307 g/mol. The zero-order valence-corrected chi connectivity index (χ0v) is 12.5. The van der Waals surface area contributed by atoms with Crippen molar-refractivity contribution in [3.63, 3.8) is 0 Å². The summed E-state index contributed by atoms with van der Waals surface area (Å²) in [6, 6.07) is 11.9. The highest BCUT2D eigenvalue weighted by molar-refractivity contribution is 6.34. The SMILES string of the molecule is NCC#Cc1cc(Cl)ccc1NC(=O)c1ccccc1Cl. The first-order valence-corrected chi connectivity index (χ1v) is 6.92. The second kappa shape index (κ2) is 7.14. The van der Waals surface area contributed by atoms with Crippen LogP contribution < -0.4 is 11.1 Å². The summed E-state index contributed by atoms with van der Waals surface area (Å²) < 4.78 is 0. The van der Waals surface area contributed by atoms with Crippen LogP contribution in [0.4, 0.5) is 5.69 Å². The molecule has 0 bridgehead atoms. The quantitative estimate of drug-likeness (QED) is 0.832. The van der Waals surface area contributed by atoms with Gasteiger partial charge in [0.1, 0.15) is 0 Å². The topological polar surface area (TPSA) is 55.1 Å². The Labute approximate surface area is 133 Å². The predicted octanol–water partition coefficient (Wildman–Crippen LogP) is 3.56. The Kier molecular flexibility index (Phi) is 5.24. The Hall–Kier alpha value is -1.99. The van der Waals surface area contributed by atoms with Gasteiger partial charge in [0.2, 0.25) is 0 Å². The first-order chi connectivity index (χ1) is 10.1. The van der Waals surface area contributed by atoms with Crippen molar-refractivity contribution in [2.24, 2.45) is 5.73 Å². The van der Waals surface area contributed by atoms with Crippen LogP contribution in [0, 0.1) is 11.8 Å². The number of rotatable bonds is 2. The van der Waals surface area contributed by atoms with Crippen molar-refractivity contribution in [2.75, 3.05) is 11.9 Å². The van der Waals surface area contributed by atoms with Gasteiger partial charge in [-0.3, -0.25) is 4.79 Å². The molecule has 2 aromatic carbocycles. The maximum absolute atomic E-state index is 12.2. The molecule has 2 aromatic rings. The van der Waals surface area contributed by atoms with Crippen LogP contribution in [0.15, 0.2) is 42.5 Å². The number of nitrogens with two attached hydrogens (primary N) is 1. The highest BCUT2D eigenvalue weighted by Gasteiger charge is 2.11. The number of benzene rings is 2. The number of halogens is 2. The van der Waals surface area contributed by atoms with Gasteiger partial charge in [0, 0.05) is 10.6 Å². The van der Waals surface area contributed by atoms with Crippen LogP contribution in [0.3, 0.4) is 0 Å². The summed E-state index contributed by atoms with van der Waals surface area (Å²) in [6.45, 7) is 0.227. The maximum atomic E-state index is 12.2. The summed E-state index contributed by atoms with van der Waals surface area (Å²) >= 11 is 11.9. The third-order valence-electron chi connectivity index (χ3n) is 2.67. The highest BCUT2D eigenvalue weighted by Crippen LogP contribution is 2.22. The lowest BCUT2D eigenvalue weighted by Gasteiger charge is -2.09. The lowest BCUT2D eigenvalue weighted by atomic mass is 10.1. The molecule has 106 valence electrons. The van der Waals surface area contributed by atoms with Gasteiger partial charge in [-0.2, -0.15) is 0 Å². The molecule has 0 aliphatic rings. The van der Waals surface area contributed by atoms with E-state index in [0.29, 0.717) is 26.9 Å². The first kappa shape index (κ1) is 15.4. The molecule has 0 fully saturated rings. The molecule has 5 heteroatoms. The van der Waals surface area contributed by atoms with E-state index in [4.69, 9.17) is 28.9 Å². The Balaban J connectivity index is 2.31. The molecule has 3 N–H and O–H groups in total. The molecule has 0 atom stereocenters. The third kappa shape index (κ3) is 3.99. The van der Waals surface area contributed by atoms with Gasteiger partial charge in [-0.25, -0.2) is 0 Å². The van der Waals surface area contributed by atoms with Crippen molar-refractivity contribution in [2.45, 2.75) is 0 Å². The zero-order chi connectivity index (χ0) is 15.2. The van der Waals surface area contributed by atoms with Crippen LogP contribution in [-0.2, 0) is 0 Å². The van der Waals surface area contributed by atoms with E-state index in [2.05, 4.69) is 17.2 Å². The van der Waals surface area contributed by atoms with Crippen LogP contribution in [0.1, 0.15) is 15.9 Å². The van der Waals surface area contributed by atoms with E-state index in [1.165, 1.54) is 0 Å². The van der Waals surface area contributed by atoms with Gasteiger partial charge in [0.15, 0.2) is 0 Å². The van der Waals surface area contributed by atoms with E-state index in [1.54, 1.807) is 42.5 Å². The predicted molar refractivity (Wildman–Crippen MR) is 86.8 cm³/mol. The summed E-state index contributed by atoms with van der Waals surface area (Å²) in [7, 11) is 0. The minimum absolute atomic E-state index is 0.227. The van der Waals surface area contributed by atoms with Crippen molar-refractivity contribution in [3.05, 3.63) is 63.6 Å². The summed E-state index contributed by atoms with van der Waals surface area (Å²) in [5, 5.41) is 3.70. The largest absolute Gasteiger partial charge is 0.321 e. The zero-order valence-electron chi connectivity index (χ0n) is 11.0. The Morgan fingerprint density at radius 1 is 1.19 bits per heavy atom. The van der Waals surface area contributed by atoms with Crippen molar-refractivity contribution < 1.29 is 4.79 Å². The molecule has 0 saturated carbocycles. The van der Waals surface area contributed by atoms with Gasteiger partial charge in [0.25, 0.3) is 5.91 Å². The van der Waals surface area contributed by atoms with Crippen LogP contribution in [0.2, 0.25) is 10.0 Å². The number of carbonyl (C=O) groups excluding carboxylic acids is 1. The summed E-state index contributed by atoms with van der Waals surface area (Å²) in [6.07, 6.45) is 0. The fourth-order valence-electron chi connectivity index (χ4n) is 1.71. The molecule has 0 aliphatic carbocycles. The van der Waals surface area contributed by atoms with E-state index in [0.717, 1.165) is 0 Å². The third-order valence-corrected chi connectivity index (χ3v) is 3.24. The number of anilines is 1. The van der Waals surface area contributed by atoms with Crippen LogP contribution in [-0.4, -0.2) is 12.5 Å². The summed E-state index contributed by atoms with van der Waals surface area (Å²) in [5.74, 6) is 5.31. The Bertz CT molecular complexity index is 733. The van der Waals surface area contributed by atoms with E-state index in [-0.39, 0.29) is 12.5 Å². The minimum atomic E-state index is -0.307. The van der Waals surface area contributed by atoms with Crippen LogP contribution >= 0.6 is 23.2 Å². The second-order valence-corrected chi connectivity index (χ2v) is 4.97. The molecule has 1 amide bonds. The first-order valence-electron chi connectivity index (χ1n) is 6.16. The van der Waals surface area contributed by atoms with E-state index in [1.807, 2.05) is 0 Å². The summed E-state index contributed by atoms with van der Waals surface area (Å²) in [4.78, 5) is 12.2. The lowest BCUT2D eigenvalue weighted by Crippen LogP contribution is -2.13. The fraction of sp³-hybridized carbons (Fsp3) is 0.0625. The number of hydrogen-bond donors (Lipinski definition) is 2. The Morgan fingerprint density at radius 2 is 1.95 bits per heavy atom. The van der Waals surface area contributed by atoms with Gasteiger partial charge < -0.3 is 11.1 Å². The van der Waals surface area contributed by atoms with Crippen LogP contribution in [0.25, 0.3) is 0 Å². The van der Waals surface area contributed by atoms with E-state index in [9.17, 15) is 4.79 Å². The Morgan fingerprint density at radius 3 is 2.67 bits per heavy atom. The normalized spacial score (nSPS) is 9.67. The highest BCUT2D eigenvalue weighted by atomic mass is 35.5. The molecule has 0 aliphatic heterocycles. The smallest absolute Gasteiger partial charge is 0.257 e. The second-order valence-electron chi connectivity index (χ2n) is 4.13. The molecule has 0 spiro atoms. The average molecular weight is 319 g/mol. The molecule has 0 saturated heterocycles. The van der Waals surface area contributed by atoms with Crippen molar-refractivity contribution in [3.8, 4) is 11.8 Å². The van der Waals surface area contributed by atoms with Gasteiger partial charge >= 0.3 is 0 Å². The molecule has 2 rings (SSSR count). The molecular formula is C16H12Cl2N2O. The molecule has 0 heterocycles.